The zero-order chi connectivity index (χ0) is 20.4. The number of imidazole rings is 1. The van der Waals surface area contributed by atoms with E-state index in [1.54, 1.807) is 11.3 Å². The average molecular weight is 421 g/mol. The van der Waals surface area contributed by atoms with Gasteiger partial charge in [-0.05, 0) is 50.1 Å². The zero-order valence-electron chi connectivity index (χ0n) is 16.9. The van der Waals surface area contributed by atoms with Crippen molar-refractivity contribution >= 4 is 44.0 Å². The van der Waals surface area contributed by atoms with Crippen molar-refractivity contribution in [3.8, 4) is 11.4 Å². The summed E-state index contributed by atoms with van der Waals surface area (Å²) in [5, 5.41) is 0. The van der Waals surface area contributed by atoms with Crippen LogP contribution < -0.4 is 16.2 Å². The summed E-state index contributed by atoms with van der Waals surface area (Å²) in [4.78, 5) is 30.2. The minimum atomic E-state index is -0.175. The van der Waals surface area contributed by atoms with Crippen molar-refractivity contribution in [1.29, 1.82) is 0 Å². The van der Waals surface area contributed by atoms with Gasteiger partial charge in [0.1, 0.15) is 11.4 Å². The second kappa shape index (κ2) is 6.58. The number of H-pyrrole nitrogens is 2. The molecule has 0 radical (unpaired) electrons. The first-order chi connectivity index (χ1) is 14.6. The quantitative estimate of drug-likeness (QED) is 0.464. The number of anilines is 2. The first-order valence-corrected chi connectivity index (χ1v) is 11.3. The Morgan fingerprint density at radius 1 is 1.13 bits per heavy atom. The van der Waals surface area contributed by atoms with Crippen molar-refractivity contribution in [2.45, 2.75) is 19.3 Å². The van der Waals surface area contributed by atoms with Crippen LogP contribution in [0.4, 0.5) is 11.4 Å². The van der Waals surface area contributed by atoms with Crippen molar-refractivity contribution in [2.75, 3.05) is 43.9 Å². The highest BCUT2D eigenvalue weighted by Crippen LogP contribution is 2.40. The number of nitrogens with two attached hydrogens (primary N) is 1. The molecule has 2 aliphatic rings. The number of nitrogens with one attached hydrogen (secondary N) is 2. The maximum absolute atomic E-state index is 13.0. The third kappa shape index (κ3) is 2.67. The van der Waals surface area contributed by atoms with E-state index in [1.165, 1.54) is 16.1 Å². The molecule has 0 saturated carbocycles. The normalized spacial score (nSPS) is 17.3. The minimum absolute atomic E-state index is 0.175. The summed E-state index contributed by atoms with van der Waals surface area (Å²) in [7, 11) is 2.16. The van der Waals surface area contributed by atoms with E-state index < -0.39 is 0 Å². The van der Waals surface area contributed by atoms with E-state index in [1.807, 2.05) is 6.07 Å². The number of fused-ring (bicyclic) bond motifs is 4. The van der Waals surface area contributed by atoms with Gasteiger partial charge in [-0.15, -0.1) is 11.3 Å². The van der Waals surface area contributed by atoms with Gasteiger partial charge in [-0.1, -0.05) is 0 Å². The maximum Gasteiger partial charge on any atom is 0.261 e. The lowest BCUT2D eigenvalue weighted by atomic mass is 10.1. The molecule has 4 N–H and O–H groups in total. The van der Waals surface area contributed by atoms with Gasteiger partial charge in [0.25, 0.3) is 5.56 Å². The van der Waals surface area contributed by atoms with Crippen molar-refractivity contribution in [1.82, 2.24) is 19.9 Å². The number of aryl methyl sites for hydroxylation is 2. The van der Waals surface area contributed by atoms with Crippen molar-refractivity contribution in [3.05, 3.63) is 39.0 Å². The predicted octanol–water partition coefficient (Wildman–Crippen LogP) is 2.96. The summed E-state index contributed by atoms with van der Waals surface area (Å²) in [6, 6.07) is 6.25. The number of aromatic amines is 2. The third-order valence-corrected chi connectivity index (χ3v) is 7.80. The molecule has 1 saturated heterocycles. The van der Waals surface area contributed by atoms with Crippen LogP contribution in [0.5, 0.6) is 0 Å². The van der Waals surface area contributed by atoms with Gasteiger partial charge in [-0.25, -0.2) is 4.98 Å². The van der Waals surface area contributed by atoms with Gasteiger partial charge in [0.2, 0.25) is 0 Å². The lowest BCUT2D eigenvalue weighted by Crippen LogP contribution is -2.44. The topological polar surface area (TPSA) is 94.0 Å². The number of aromatic nitrogens is 3. The molecule has 1 fully saturated rings. The number of benzene rings is 1. The van der Waals surface area contributed by atoms with E-state index in [9.17, 15) is 4.79 Å². The van der Waals surface area contributed by atoms with Crippen LogP contribution in [0.3, 0.4) is 0 Å². The van der Waals surface area contributed by atoms with Gasteiger partial charge in [-0.2, -0.15) is 0 Å². The summed E-state index contributed by atoms with van der Waals surface area (Å²) in [6.07, 6.45) is 3.25. The Bertz CT molecular complexity index is 1340. The monoisotopic (exact) mass is 420 g/mol. The number of nitrogens with zero attached hydrogens (tertiary/aromatic N) is 3. The average Bonchev–Trinajstić information content (AvgIpc) is 3.43. The number of piperazine rings is 1. The molecule has 154 valence electrons. The number of rotatable bonds is 2. The lowest BCUT2D eigenvalue weighted by Gasteiger charge is -2.34. The second-order valence-electron chi connectivity index (χ2n) is 8.38. The molecule has 4 heterocycles. The SMILES string of the molecule is CN1CCN(c2ccc3nc(-c4c(N)c5sc6c(c5[nH]c4=O)CCC6)[nH]c3c2)CC1. The predicted molar refractivity (Wildman–Crippen MR) is 124 cm³/mol. The number of thiophene rings is 1. The van der Waals surface area contributed by atoms with Gasteiger partial charge >= 0.3 is 0 Å². The van der Waals surface area contributed by atoms with Crippen LogP contribution in [0.25, 0.3) is 32.6 Å². The molecular weight excluding hydrogens is 396 g/mol. The van der Waals surface area contributed by atoms with Crippen LogP contribution >= 0.6 is 11.3 Å². The van der Waals surface area contributed by atoms with Crippen LogP contribution in [-0.4, -0.2) is 53.1 Å². The van der Waals surface area contributed by atoms with Gasteiger partial charge in [-0.3, -0.25) is 4.79 Å². The Morgan fingerprint density at radius 3 is 2.80 bits per heavy atom. The first kappa shape index (κ1) is 18.0. The van der Waals surface area contributed by atoms with E-state index >= 15 is 0 Å². The zero-order valence-corrected chi connectivity index (χ0v) is 17.7. The van der Waals surface area contributed by atoms with E-state index in [-0.39, 0.29) is 5.56 Å². The highest BCUT2D eigenvalue weighted by Gasteiger charge is 2.24. The summed E-state index contributed by atoms with van der Waals surface area (Å²) >= 11 is 1.71. The van der Waals surface area contributed by atoms with Crippen molar-refractivity contribution < 1.29 is 0 Å². The summed E-state index contributed by atoms with van der Waals surface area (Å²) in [5.74, 6) is 0.537. The first-order valence-electron chi connectivity index (χ1n) is 10.5. The van der Waals surface area contributed by atoms with Gasteiger partial charge in [0.05, 0.1) is 26.9 Å². The Labute approximate surface area is 177 Å². The Balaban J connectivity index is 1.44. The molecular formula is C22H24N6OS. The molecule has 6 rings (SSSR count). The molecule has 0 spiro atoms. The van der Waals surface area contributed by atoms with Crippen LogP contribution in [0.1, 0.15) is 16.9 Å². The molecule has 1 aromatic carbocycles. The Morgan fingerprint density at radius 2 is 1.97 bits per heavy atom. The molecule has 0 atom stereocenters. The van der Waals surface area contributed by atoms with Crippen LogP contribution in [0.15, 0.2) is 23.0 Å². The number of pyridine rings is 1. The largest absolute Gasteiger partial charge is 0.397 e. The number of hydrogen-bond acceptors (Lipinski definition) is 6. The highest BCUT2D eigenvalue weighted by molar-refractivity contribution is 7.20. The molecule has 1 aliphatic heterocycles. The molecule has 0 unspecified atom stereocenters. The number of likely N-dealkylation sites (N-methyl/N-ethyl adjacent to an activating group) is 1. The lowest BCUT2D eigenvalue weighted by molar-refractivity contribution is 0.313. The second-order valence-corrected chi connectivity index (χ2v) is 9.49. The van der Waals surface area contributed by atoms with E-state index in [0.29, 0.717) is 17.1 Å². The molecule has 3 aromatic heterocycles. The van der Waals surface area contributed by atoms with Crippen molar-refractivity contribution in [2.24, 2.45) is 0 Å². The van der Waals surface area contributed by atoms with Gasteiger partial charge in [0.15, 0.2) is 0 Å². The molecule has 7 nitrogen and oxygen atoms in total. The van der Waals surface area contributed by atoms with Crippen LogP contribution in [-0.2, 0) is 12.8 Å². The van der Waals surface area contributed by atoms with Crippen molar-refractivity contribution in [3.63, 3.8) is 0 Å². The highest BCUT2D eigenvalue weighted by atomic mass is 32.1. The fourth-order valence-corrected chi connectivity index (χ4v) is 6.06. The summed E-state index contributed by atoms with van der Waals surface area (Å²) in [5.41, 5.74) is 12.5. The molecule has 0 bridgehead atoms. The minimum Gasteiger partial charge on any atom is -0.397 e. The van der Waals surface area contributed by atoms with E-state index in [2.05, 4.69) is 38.9 Å². The molecule has 1 aliphatic carbocycles. The maximum atomic E-state index is 13.0. The summed E-state index contributed by atoms with van der Waals surface area (Å²) < 4.78 is 0.980. The molecule has 4 aromatic rings. The molecule has 8 heteroatoms. The standard InChI is InChI=1S/C22H24N6OS/c1-27-7-9-28(10-8-27)12-5-6-14-15(11-12)25-21(24-14)17-18(23)20-19(26-22(17)29)13-3-2-4-16(13)30-20/h5-6,11H,2-4,7-10H2,1H3,(H,24,25)(H3,23,26,29). The summed E-state index contributed by atoms with van der Waals surface area (Å²) in [6.45, 7) is 4.14. The Kier molecular flexibility index (Phi) is 3.94. The van der Waals surface area contributed by atoms with Crippen LogP contribution in [0, 0.1) is 0 Å². The molecule has 30 heavy (non-hydrogen) atoms. The fourth-order valence-electron chi connectivity index (χ4n) is 4.75. The third-order valence-electron chi connectivity index (χ3n) is 6.47. The van der Waals surface area contributed by atoms with E-state index in [4.69, 9.17) is 10.7 Å². The molecule has 0 amide bonds. The van der Waals surface area contributed by atoms with Crippen LogP contribution in [0.2, 0.25) is 0 Å². The fraction of sp³-hybridized carbons (Fsp3) is 0.364. The Hall–Kier alpha value is -2.84. The van der Waals surface area contributed by atoms with Gasteiger partial charge in [0, 0.05) is 36.7 Å². The smallest absolute Gasteiger partial charge is 0.261 e. The van der Waals surface area contributed by atoms with Gasteiger partial charge < -0.3 is 25.5 Å². The van der Waals surface area contributed by atoms with E-state index in [0.717, 1.165) is 66.7 Å². The number of hydrogen-bond donors (Lipinski definition) is 3. The number of nitrogen functional groups attached to an aromatic ring is 1.